The maximum Gasteiger partial charge on any atom is 0.247 e. The predicted molar refractivity (Wildman–Crippen MR) is 116 cm³/mol. The predicted octanol–water partition coefficient (Wildman–Crippen LogP) is 4.09. The number of anilines is 1. The third-order valence-corrected chi connectivity index (χ3v) is 5.66. The molecular weight excluding hydrogens is 376 g/mol. The number of aromatic amines is 1. The van der Waals surface area contributed by atoms with E-state index < -0.39 is 6.04 Å². The van der Waals surface area contributed by atoms with Gasteiger partial charge in [0.2, 0.25) is 11.8 Å². The van der Waals surface area contributed by atoms with Gasteiger partial charge in [0, 0.05) is 53.8 Å². The van der Waals surface area contributed by atoms with Crippen LogP contribution in [0.2, 0.25) is 0 Å². The fourth-order valence-corrected chi connectivity index (χ4v) is 4.13. The lowest BCUT2D eigenvalue weighted by atomic mass is 10.1. The number of H-pyrrole nitrogens is 1. The molecule has 0 bridgehead atoms. The van der Waals surface area contributed by atoms with E-state index in [0.717, 1.165) is 27.8 Å². The monoisotopic (exact) mass is 398 g/mol. The largest absolute Gasteiger partial charge is 0.361 e. The Balaban J connectivity index is 1.35. The zero-order valence-corrected chi connectivity index (χ0v) is 16.4. The van der Waals surface area contributed by atoms with Crippen LogP contribution in [0, 0.1) is 0 Å². The van der Waals surface area contributed by atoms with E-state index in [9.17, 15) is 9.59 Å². The number of amides is 2. The van der Waals surface area contributed by atoms with Gasteiger partial charge in [0.05, 0.1) is 0 Å². The molecule has 1 unspecified atom stereocenters. The number of hydrogen-bond donors (Lipinski definition) is 2. The average Bonchev–Trinajstić information content (AvgIpc) is 3.50. The van der Waals surface area contributed by atoms with Gasteiger partial charge in [-0.15, -0.1) is 0 Å². The molecule has 30 heavy (non-hydrogen) atoms. The summed E-state index contributed by atoms with van der Waals surface area (Å²) in [6.45, 7) is 0.421. The van der Waals surface area contributed by atoms with Gasteiger partial charge in [-0.2, -0.15) is 0 Å². The molecule has 1 saturated heterocycles. The van der Waals surface area contributed by atoms with Crippen molar-refractivity contribution in [1.82, 2.24) is 14.5 Å². The third kappa shape index (κ3) is 3.37. The van der Waals surface area contributed by atoms with Gasteiger partial charge in [0.1, 0.15) is 6.04 Å². The highest BCUT2D eigenvalue weighted by Crippen LogP contribution is 2.26. The van der Waals surface area contributed by atoms with Crippen molar-refractivity contribution in [2.45, 2.75) is 25.4 Å². The SMILES string of the molecule is O=C(Nc1cccc(-n2cccc2)c1)C1CCC(=O)N1Cc1c[nH]c2ccccc12. The number of likely N-dealkylation sites (tertiary alicyclic amines) is 1. The van der Waals surface area contributed by atoms with E-state index in [1.54, 1.807) is 4.90 Å². The van der Waals surface area contributed by atoms with E-state index in [4.69, 9.17) is 0 Å². The molecule has 0 radical (unpaired) electrons. The summed E-state index contributed by atoms with van der Waals surface area (Å²) in [4.78, 5) is 30.5. The van der Waals surface area contributed by atoms with Crippen LogP contribution in [-0.2, 0) is 16.1 Å². The van der Waals surface area contributed by atoms with Crippen molar-refractivity contribution in [2.75, 3.05) is 5.32 Å². The summed E-state index contributed by atoms with van der Waals surface area (Å²) in [6, 6.07) is 19.1. The summed E-state index contributed by atoms with van der Waals surface area (Å²) in [5.41, 5.74) is 3.74. The van der Waals surface area contributed by atoms with Gasteiger partial charge < -0.3 is 19.8 Å². The first-order chi connectivity index (χ1) is 14.7. The molecule has 150 valence electrons. The molecule has 1 aliphatic heterocycles. The van der Waals surface area contributed by atoms with Gasteiger partial charge in [-0.05, 0) is 48.4 Å². The Labute approximate surface area is 174 Å². The van der Waals surface area contributed by atoms with Crippen molar-refractivity contribution in [1.29, 1.82) is 0 Å². The molecule has 2 aromatic carbocycles. The lowest BCUT2D eigenvalue weighted by molar-refractivity contribution is -0.133. The Hall–Kier alpha value is -3.80. The fourth-order valence-electron chi connectivity index (χ4n) is 4.13. The molecule has 2 N–H and O–H groups in total. The number of benzene rings is 2. The molecule has 2 aromatic heterocycles. The van der Waals surface area contributed by atoms with E-state index in [1.165, 1.54) is 0 Å². The molecular formula is C24H22N4O2. The molecule has 1 aliphatic rings. The second-order valence-electron chi connectivity index (χ2n) is 7.57. The molecule has 3 heterocycles. The highest BCUT2D eigenvalue weighted by molar-refractivity contribution is 5.99. The first-order valence-electron chi connectivity index (χ1n) is 10.1. The van der Waals surface area contributed by atoms with E-state index in [1.807, 2.05) is 83.8 Å². The van der Waals surface area contributed by atoms with Gasteiger partial charge in [-0.1, -0.05) is 24.3 Å². The molecule has 1 atom stereocenters. The van der Waals surface area contributed by atoms with Crippen molar-refractivity contribution in [3.63, 3.8) is 0 Å². The highest BCUT2D eigenvalue weighted by Gasteiger charge is 2.36. The number of hydrogen-bond acceptors (Lipinski definition) is 2. The minimum atomic E-state index is -0.471. The summed E-state index contributed by atoms with van der Waals surface area (Å²) in [6.07, 6.45) is 6.76. The topological polar surface area (TPSA) is 70.1 Å². The highest BCUT2D eigenvalue weighted by atomic mass is 16.2. The third-order valence-electron chi connectivity index (χ3n) is 5.66. The number of carbonyl (C=O) groups excluding carboxylic acids is 2. The summed E-state index contributed by atoms with van der Waals surface area (Å²) < 4.78 is 1.98. The lowest BCUT2D eigenvalue weighted by Crippen LogP contribution is -2.41. The summed E-state index contributed by atoms with van der Waals surface area (Å²) in [5, 5.41) is 4.08. The summed E-state index contributed by atoms with van der Waals surface area (Å²) in [5.74, 6) is -0.133. The summed E-state index contributed by atoms with van der Waals surface area (Å²) in [7, 11) is 0. The molecule has 2 amide bonds. The Kier molecular flexibility index (Phi) is 4.59. The van der Waals surface area contributed by atoms with Crippen molar-refractivity contribution in [3.05, 3.63) is 84.8 Å². The molecule has 0 saturated carbocycles. The van der Waals surface area contributed by atoms with Crippen molar-refractivity contribution < 1.29 is 9.59 Å². The lowest BCUT2D eigenvalue weighted by Gasteiger charge is -2.24. The average molecular weight is 398 g/mol. The zero-order valence-electron chi connectivity index (χ0n) is 16.4. The maximum atomic E-state index is 13.0. The van der Waals surface area contributed by atoms with Crippen molar-refractivity contribution in [2.24, 2.45) is 0 Å². The number of rotatable bonds is 5. The van der Waals surface area contributed by atoms with Crippen LogP contribution in [0.5, 0.6) is 0 Å². The molecule has 6 nitrogen and oxygen atoms in total. The van der Waals surface area contributed by atoms with Crippen molar-refractivity contribution in [3.8, 4) is 5.69 Å². The minimum Gasteiger partial charge on any atom is -0.361 e. The van der Waals surface area contributed by atoms with Gasteiger partial charge in [0.15, 0.2) is 0 Å². The van der Waals surface area contributed by atoms with Gasteiger partial charge in [-0.25, -0.2) is 0 Å². The zero-order chi connectivity index (χ0) is 20.5. The van der Waals surface area contributed by atoms with Crippen LogP contribution in [0.15, 0.2) is 79.3 Å². The Morgan fingerprint density at radius 2 is 1.90 bits per heavy atom. The fraction of sp³-hybridized carbons (Fsp3) is 0.167. The van der Waals surface area contributed by atoms with Crippen LogP contribution in [0.3, 0.4) is 0 Å². The Morgan fingerprint density at radius 3 is 2.77 bits per heavy atom. The van der Waals surface area contributed by atoms with Crippen LogP contribution in [0.25, 0.3) is 16.6 Å². The second kappa shape index (κ2) is 7.55. The first kappa shape index (κ1) is 18.2. The van der Waals surface area contributed by atoms with Gasteiger partial charge in [0.25, 0.3) is 0 Å². The first-order valence-corrected chi connectivity index (χ1v) is 10.1. The maximum absolute atomic E-state index is 13.0. The minimum absolute atomic E-state index is 0.0153. The molecule has 1 fully saturated rings. The van der Waals surface area contributed by atoms with Crippen LogP contribution in [-0.4, -0.2) is 32.3 Å². The van der Waals surface area contributed by atoms with Crippen LogP contribution >= 0.6 is 0 Å². The van der Waals surface area contributed by atoms with E-state index >= 15 is 0 Å². The number of nitrogens with zero attached hydrogens (tertiary/aromatic N) is 2. The number of para-hydroxylation sites is 1. The molecule has 0 aliphatic carbocycles. The van der Waals surface area contributed by atoms with Crippen LogP contribution in [0.1, 0.15) is 18.4 Å². The quantitative estimate of drug-likeness (QED) is 0.532. The molecule has 5 rings (SSSR count). The summed E-state index contributed by atoms with van der Waals surface area (Å²) >= 11 is 0. The van der Waals surface area contributed by atoms with Crippen LogP contribution in [0.4, 0.5) is 5.69 Å². The Morgan fingerprint density at radius 1 is 1.07 bits per heavy atom. The van der Waals surface area contributed by atoms with Gasteiger partial charge >= 0.3 is 0 Å². The molecule has 6 heteroatoms. The second-order valence-corrected chi connectivity index (χ2v) is 7.57. The Bertz CT molecular complexity index is 1210. The van der Waals surface area contributed by atoms with E-state index in [0.29, 0.717) is 19.4 Å². The standard InChI is InChI=1S/C24H22N4O2/c29-23-11-10-22(28(23)16-17-15-25-21-9-2-1-8-20(17)21)24(30)26-18-6-5-7-19(14-18)27-12-3-4-13-27/h1-9,12-15,22,25H,10-11,16H2,(H,26,30). The van der Waals surface area contributed by atoms with E-state index in [-0.39, 0.29) is 11.8 Å². The van der Waals surface area contributed by atoms with Crippen LogP contribution < -0.4 is 5.32 Å². The van der Waals surface area contributed by atoms with Gasteiger partial charge in [-0.3, -0.25) is 9.59 Å². The number of carbonyl (C=O) groups is 2. The molecule has 4 aromatic rings. The number of aromatic nitrogens is 2. The number of nitrogens with one attached hydrogen (secondary N) is 2. The van der Waals surface area contributed by atoms with E-state index in [2.05, 4.69) is 10.3 Å². The molecule has 0 spiro atoms. The smallest absolute Gasteiger partial charge is 0.247 e. The normalized spacial score (nSPS) is 16.3. The number of fused-ring (bicyclic) bond motifs is 1. The van der Waals surface area contributed by atoms with Crippen molar-refractivity contribution >= 4 is 28.4 Å².